The van der Waals surface area contributed by atoms with Gasteiger partial charge in [-0.2, -0.15) is 0 Å². The molecule has 1 aromatic carbocycles. The van der Waals surface area contributed by atoms with Crippen molar-refractivity contribution >= 4 is 17.6 Å². The van der Waals surface area contributed by atoms with Crippen molar-refractivity contribution in [1.29, 1.82) is 0 Å². The van der Waals surface area contributed by atoms with Crippen LogP contribution in [0.15, 0.2) is 30.3 Å². The molecule has 0 N–H and O–H groups in total. The van der Waals surface area contributed by atoms with Crippen LogP contribution in [-0.4, -0.2) is 29.0 Å². The first kappa shape index (κ1) is 18.1. The Morgan fingerprint density at radius 3 is 2.09 bits per heavy atom. The van der Waals surface area contributed by atoms with Crippen molar-refractivity contribution in [3.63, 3.8) is 0 Å². The Hall–Kier alpha value is -1.97. The summed E-state index contributed by atoms with van der Waals surface area (Å²) in [6.07, 6.45) is 2.60. The quantitative estimate of drug-likeness (QED) is 0.597. The number of unbranched alkanes of at least 4 members (excludes halogenated alkanes) is 2. The number of imide groups is 1. The van der Waals surface area contributed by atoms with Crippen molar-refractivity contribution in [2.24, 2.45) is 5.41 Å². The van der Waals surface area contributed by atoms with Gasteiger partial charge in [0.05, 0.1) is 0 Å². The number of benzene rings is 1. The lowest BCUT2D eigenvalue weighted by atomic mass is 9.90. The normalized spacial score (nSPS) is 11.1. The van der Waals surface area contributed by atoms with Crippen molar-refractivity contribution in [2.75, 3.05) is 6.54 Å². The summed E-state index contributed by atoms with van der Waals surface area (Å²) in [5.41, 5.74) is -0.370. The van der Waals surface area contributed by atoms with Crippen LogP contribution in [0.4, 0.5) is 0 Å². The van der Waals surface area contributed by atoms with E-state index in [1.807, 2.05) is 6.92 Å². The molecule has 120 valence electrons. The smallest absolute Gasteiger partial charge is 0.288 e. The van der Waals surface area contributed by atoms with Gasteiger partial charge < -0.3 is 0 Å². The Bertz CT molecular complexity index is 529. The van der Waals surface area contributed by atoms with Crippen LogP contribution in [-0.2, 0) is 9.59 Å². The number of carbonyl (C=O) groups is 3. The van der Waals surface area contributed by atoms with E-state index in [2.05, 4.69) is 0 Å². The van der Waals surface area contributed by atoms with Gasteiger partial charge in [-0.05, 0) is 18.6 Å². The summed E-state index contributed by atoms with van der Waals surface area (Å²) in [6, 6.07) is 8.61. The number of hydrogen-bond donors (Lipinski definition) is 0. The molecule has 0 aliphatic carbocycles. The largest absolute Gasteiger partial charge is 0.297 e. The summed E-state index contributed by atoms with van der Waals surface area (Å²) in [5.74, 6) is -1.65. The van der Waals surface area contributed by atoms with E-state index in [1.54, 1.807) is 51.1 Å². The molecule has 0 bridgehead atoms. The third kappa shape index (κ3) is 4.79. The third-order valence-electron chi connectivity index (χ3n) is 3.37. The van der Waals surface area contributed by atoms with E-state index in [1.165, 1.54) is 0 Å². The van der Waals surface area contributed by atoms with Crippen LogP contribution in [0, 0.1) is 5.41 Å². The van der Waals surface area contributed by atoms with Gasteiger partial charge in [-0.1, -0.05) is 58.7 Å². The van der Waals surface area contributed by atoms with Crippen LogP contribution in [0.5, 0.6) is 0 Å². The van der Waals surface area contributed by atoms with Crippen LogP contribution in [0.1, 0.15) is 57.3 Å². The van der Waals surface area contributed by atoms with Crippen LogP contribution in [0.2, 0.25) is 0 Å². The maximum Gasteiger partial charge on any atom is 0.297 e. The molecule has 0 aliphatic heterocycles. The lowest BCUT2D eigenvalue weighted by Crippen LogP contribution is -2.45. The fourth-order valence-corrected chi connectivity index (χ4v) is 2.00. The molecule has 0 saturated carbocycles. The molecule has 22 heavy (non-hydrogen) atoms. The van der Waals surface area contributed by atoms with E-state index < -0.39 is 23.0 Å². The minimum atomic E-state index is -0.795. The fourth-order valence-electron chi connectivity index (χ4n) is 2.00. The third-order valence-corrected chi connectivity index (χ3v) is 3.37. The van der Waals surface area contributed by atoms with Gasteiger partial charge >= 0.3 is 0 Å². The first-order valence-corrected chi connectivity index (χ1v) is 7.74. The predicted molar refractivity (Wildman–Crippen MR) is 86.5 cm³/mol. The second-order valence-corrected chi connectivity index (χ2v) is 6.41. The number of nitrogens with zero attached hydrogens (tertiary/aromatic N) is 1. The molecule has 0 aromatic heterocycles. The van der Waals surface area contributed by atoms with E-state index in [-0.39, 0.29) is 6.54 Å². The van der Waals surface area contributed by atoms with Crippen LogP contribution >= 0.6 is 0 Å². The molecule has 0 spiro atoms. The minimum absolute atomic E-state index is 0.280. The molecular formula is C18H25NO3. The van der Waals surface area contributed by atoms with E-state index in [0.717, 1.165) is 17.7 Å². The molecule has 0 heterocycles. The zero-order chi connectivity index (χ0) is 16.8. The van der Waals surface area contributed by atoms with Crippen molar-refractivity contribution in [1.82, 2.24) is 4.90 Å². The minimum Gasteiger partial charge on any atom is -0.288 e. The molecule has 2 amide bonds. The summed E-state index contributed by atoms with van der Waals surface area (Å²) in [6.45, 7) is 7.38. The Morgan fingerprint density at radius 1 is 1.00 bits per heavy atom. The van der Waals surface area contributed by atoms with Gasteiger partial charge in [0.25, 0.3) is 11.8 Å². The molecule has 0 radical (unpaired) electrons. The summed E-state index contributed by atoms with van der Waals surface area (Å²) in [4.78, 5) is 38.3. The van der Waals surface area contributed by atoms with Crippen molar-refractivity contribution in [3.8, 4) is 0 Å². The number of Topliss-reactive ketones (excluding diaryl/α,β-unsaturated/α-hetero) is 1. The number of carbonyl (C=O) groups excluding carboxylic acids is 3. The zero-order valence-electron chi connectivity index (χ0n) is 13.9. The van der Waals surface area contributed by atoms with Gasteiger partial charge in [-0.3, -0.25) is 19.3 Å². The average molecular weight is 303 g/mol. The molecular weight excluding hydrogens is 278 g/mol. The SMILES string of the molecule is CCCCCN(C(=O)C(=O)C(C)(C)C)C(=O)c1ccccc1. The molecule has 4 nitrogen and oxygen atoms in total. The number of amides is 2. The predicted octanol–water partition coefficient (Wildman–Crippen LogP) is 3.46. The average Bonchev–Trinajstić information content (AvgIpc) is 2.49. The molecule has 0 unspecified atom stereocenters. The van der Waals surface area contributed by atoms with Crippen molar-refractivity contribution in [3.05, 3.63) is 35.9 Å². The van der Waals surface area contributed by atoms with Gasteiger partial charge in [-0.15, -0.1) is 0 Å². The Balaban J connectivity index is 3.00. The first-order chi connectivity index (χ1) is 10.3. The molecule has 4 heteroatoms. The number of hydrogen-bond acceptors (Lipinski definition) is 3. The first-order valence-electron chi connectivity index (χ1n) is 7.74. The van der Waals surface area contributed by atoms with Crippen LogP contribution < -0.4 is 0 Å². The van der Waals surface area contributed by atoms with Crippen molar-refractivity contribution < 1.29 is 14.4 Å². The monoisotopic (exact) mass is 303 g/mol. The Morgan fingerprint density at radius 2 is 1.59 bits per heavy atom. The van der Waals surface area contributed by atoms with E-state index in [0.29, 0.717) is 12.0 Å². The lowest BCUT2D eigenvalue weighted by molar-refractivity contribution is -0.147. The highest BCUT2D eigenvalue weighted by Crippen LogP contribution is 2.18. The highest BCUT2D eigenvalue weighted by Gasteiger charge is 2.34. The van der Waals surface area contributed by atoms with E-state index >= 15 is 0 Å². The summed E-state index contributed by atoms with van der Waals surface area (Å²) in [5, 5.41) is 0. The molecule has 1 aromatic rings. The van der Waals surface area contributed by atoms with Gasteiger partial charge in [0, 0.05) is 17.5 Å². The summed E-state index contributed by atoms with van der Waals surface area (Å²) >= 11 is 0. The Kier molecular flexibility index (Phi) is 6.47. The van der Waals surface area contributed by atoms with Gasteiger partial charge in [0.2, 0.25) is 5.78 Å². The van der Waals surface area contributed by atoms with Gasteiger partial charge in [-0.25, -0.2) is 0 Å². The second-order valence-electron chi connectivity index (χ2n) is 6.41. The molecule has 0 fully saturated rings. The second kappa shape index (κ2) is 7.87. The molecule has 1 rings (SSSR count). The summed E-state index contributed by atoms with van der Waals surface area (Å²) < 4.78 is 0. The van der Waals surface area contributed by atoms with E-state index in [4.69, 9.17) is 0 Å². The Labute approximate surface area is 132 Å². The highest BCUT2D eigenvalue weighted by molar-refractivity contribution is 6.40. The van der Waals surface area contributed by atoms with Crippen LogP contribution in [0.3, 0.4) is 0 Å². The van der Waals surface area contributed by atoms with Crippen LogP contribution in [0.25, 0.3) is 0 Å². The van der Waals surface area contributed by atoms with Gasteiger partial charge in [0.15, 0.2) is 0 Å². The number of rotatable bonds is 6. The molecule has 0 aliphatic rings. The lowest BCUT2D eigenvalue weighted by Gasteiger charge is -2.24. The summed E-state index contributed by atoms with van der Waals surface area (Å²) in [7, 11) is 0. The molecule has 0 saturated heterocycles. The maximum atomic E-state index is 12.6. The maximum absolute atomic E-state index is 12.6. The van der Waals surface area contributed by atoms with Crippen molar-refractivity contribution in [2.45, 2.75) is 47.0 Å². The zero-order valence-corrected chi connectivity index (χ0v) is 13.9. The van der Waals surface area contributed by atoms with E-state index in [9.17, 15) is 14.4 Å². The number of ketones is 1. The standard InChI is InChI=1S/C18H25NO3/c1-5-6-10-13-19(17(22)15(20)18(2,3)4)16(21)14-11-8-7-9-12-14/h7-9,11-12H,5-6,10,13H2,1-4H3. The van der Waals surface area contributed by atoms with Gasteiger partial charge in [0.1, 0.15) is 0 Å². The highest BCUT2D eigenvalue weighted by atomic mass is 16.2. The topological polar surface area (TPSA) is 54.5 Å². The fraction of sp³-hybridized carbons (Fsp3) is 0.500. The molecule has 0 atom stereocenters.